The number of aryl methyl sites for hydroxylation is 1. The van der Waals surface area contributed by atoms with Crippen LogP contribution in [0.2, 0.25) is 10.3 Å². The molecule has 1 aliphatic rings. The van der Waals surface area contributed by atoms with Gasteiger partial charge in [-0.1, -0.05) is 23.2 Å². The molecule has 0 spiro atoms. The highest BCUT2D eigenvalue weighted by Gasteiger charge is 2.40. The molecule has 1 unspecified atom stereocenters. The van der Waals surface area contributed by atoms with Crippen molar-refractivity contribution in [2.24, 2.45) is 0 Å². The molecule has 0 N–H and O–H groups in total. The first-order valence-corrected chi connectivity index (χ1v) is 7.34. The van der Waals surface area contributed by atoms with E-state index >= 15 is 0 Å². The van der Waals surface area contributed by atoms with Crippen LogP contribution >= 0.6 is 23.2 Å². The lowest BCUT2D eigenvalue weighted by molar-refractivity contribution is -0.117. The van der Waals surface area contributed by atoms with Gasteiger partial charge in [0.25, 0.3) is 0 Å². The highest BCUT2D eigenvalue weighted by Crippen LogP contribution is 2.35. The number of carbonyl (C=O) groups excluding carboxylic acids is 1. The van der Waals surface area contributed by atoms with Crippen molar-refractivity contribution in [2.45, 2.75) is 18.6 Å². The van der Waals surface area contributed by atoms with Crippen LogP contribution in [0.25, 0.3) is 0 Å². The summed E-state index contributed by atoms with van der Waals surface area (Å²) in [6, 6.07) is 0. The van der Waals surface area contributed by atoms with Gasteiger partial charge in [-0.05, 0) is 6.92 Å². The van der Waals surface area contributed by atoms with E-state index < -0.39 is 27.8 Å². The molecule has 1 aliphatic heterocycles. The molecule has 0 bridgehead atoms. The zero-order valence-corrected chi connectivity index (χ0v) is 11.9. The normalized spacial score (nSPS) is 20.1. The predicted octanol–water partition coefficient (Wildman–Crippen LogP) is 1.50. The lowest BCUT2D eigenvalue weighted by atomic mass is 10.4. The van der Waals surface area contributed by atoms with Crippen LogP contribution in [0.3, 0.4) is 0 Å². The van der Waals surface area contributed by atoms with Gasteiger partial charge in [-0.2, -0.15) is 8.42 Å². The third kappa shape index (κ3) is 2.80. The molecule has 6 nitrogen and oxygen atoms in total. The summed E-state index contributed by atoms with van der Waals surface area (Å²) in [5.41, 5.74) is 0.00471. The third-order valence-electron chi connectivity index (χ3n) is 2.67. The molecule has 104 valence electrons. The molecule has 1 aromatic heterocycles. The quantitative estimate of drug-likeness (QED) is 0.607. The van der Waals surface area contributed by atoms with Crippen LogP contribution in [0.5, 0.6) is 0 Å². The largest absolute Gasteiger partial charge is 0.307 e. The molecule has 1 saturated heterocycles. The standard InChI is InChI=1S/C9H8Cl2FN3O3S/c1-4-13-8(10)7(9(11)14-4)15-3-5(2-6(15)16)19(12,17)18/h5H,2-3H2,1H3. The zero-order chi connectivity index (χ0) is 14.4. The van der Waals surface area contributed by atoms with Gasteiger partial charge in [0.05, 0.1) is 0 Å². The number of carbonyl (C=O) groups is 1. The summed E-state index contributed by atoms with van der Waals surface area (Å²) in [5.74, 6) is -0.289. The van der Waals surface area contributed by atoms with Gasteiger partial charge in [0.2, 0.25) is 5.91 Å². The van der Waals surface area contributed by atoms with E-state index in [1.165, 1.54) is 0 Å². The first-order valence-electron chi connectivity index (χ1n) is 5.13. The van der Waals surface area contributed by atoms with Crippen molar-refractivity contribution in [3.63, 3.8) is 0 Å². The predicted molar refractivity (Wildman–Crippen MR) is 67.6 cm³/mol. The molecule has 19 heavy (non-hydrogen) atoms. The van der Waals surface area contributed by atoms with Gasteiger partial charge in [0.1, 0.15) is 16.8 Å². The van der Waals surface area contributed by atoms with Gasteiger partial charge in [-0.15, -0.1) is 3.89 Å². The Morgan fingerprint density at radius 1 is 1.32 bits per heavy atom. The van der Waals surface area contributed by atoms with Crippen LogP contribution in [0.4, 0.5) is 9.57 Å². The smallest absolute Gasteiger partial charge is 0.306 e. The molecule has 0 aromatic carbocycles. The summed E-state index contributed by atoms with van der Waals surface area (Å²) in [6.45, 7) is 1.20. The SMILES string of the molecule is Cc1nc(Cl)c(N2CC(S(=O)(=O)F)CC2=O)c(Cl)n1. The Bertz CT molecular complexity index is 629. The fourth-order valence-corrected chi connectivity index (χ4v) is 3.15. The molecule has 2 heterocycles. The van der Waals surface area contributed by atoms with Gasteiger partial charge in [-0.3, -0.25) is 4.79 Å². The molecule has 10 heteroatoms. The van der Waals surface area contributed by atoms with Gasteiger partial charge in [0.15, 0.2) is 10.3 Å². The Hall–Kier alpha value is -0.990. The topological polar surface area (TPSA) is 80.2 Å². The Balaban J connectivity index is 2.42. The fraction of sp³-hybridized carbons (Fsp3) is 0.444. The molecule has 2 rings (SSSR count). The Kier molecular flexibility index (Phi) is 3.67. The van der Waals surface area contributed by atoms with Crippen LogP contribution in [-0.2, 0) is 15.0 Å². The van der Waals surface area contributed by atoms with Crippen molar-refractivity contribution in [3.8, 4) is 0 Å². The molecular formula is C9H8Cl2FN3O3S. The minimum Gasteiger partial charge on any atom is -0.306 e. The van der Waals surface area contributed by atoms with Crippen molar-refractivity contribution in [1.82, 2.24) is 9.97 Å². The van der Waals surface area contributed by atoms with E-state index in [4.69, 9.17) is 23.2 Å². The van der Waals surface area contributed by atoms with Crippen molar-refractivity contribution in [3.05, 3.63) is 16.1 Å². The highest BCUT2D eigenvalue weighted by molar-refractivity contribution is 7.87. The fourth-order valence-electron chi connectivity index (χ4n) is 1.80. The maximum Gasteiger partial charge on any atom is 0.307 e. The Morgan fingerprint density at radius 2 is 1.84 bits per heavy atom. The molecule has 1 fully saturated rings. The Morgan fingerprint density at radius 3 is 2.26 bits per heavy atom. The van der Waals surface area contributed by atoms with E-state index in [-0.39, 0.29) is 22.5 Å². The average molecular weight is 328 g/mol. The Labute approximate surface area is 118 Å². The van der Waals surface area contributed by atoms with Crippen LogP contribution < -0.4 is 4.90 Å². The second-order valence-electron chi connectivity index (χ2n) is 4.01. The average Bonchev–Trinajstić information content (AvgIpc) is 2.59. The monoisotopic (exact) mass is 327 g/mol. The maximum atomic E-state index is 12.9. The molecule has 1 amide bonds. The number of rotatable bonds is 2. The molecule has 1 aromatic rings. The highest BCUT2D eigenvalue weighted by atomic mass is 35.5. The van der Waals surface area contributed by atoms with Crippen molar-refractivity contribution >= 4 is 45.0 Å². The molecule has 0 aliphatic carbocycles. The van der Waals surface area contributed by atoms with E-state index in [2.05, 4.69) is 9.97 Å². The minimum atomic E-state index is -4.80. The second-order valence-corrected chi connectivity index (χ2v) is 6.34. The number of hydrogen-bond acceptors (Lipinski definition) is 5. The van der Waals surface area contributed by atoms with E-state index in [1.54, 1.807) is 6.92 Å². The van der Waals surface area contributed by atoms with Crippen LogP contribution in [-0.4, -0.2) is 36.1 Å². The molecule has 0 radical (unpaired) electrons. The summed E-state index contributed by atoms with van der Waals surface area (Å²) < 4.78 is 34.6. The number of anilines is 1. The molecule has 0 saturated carbocycles. The number of aromatic nitrogens is 2. The van der Waals surface area contributed by atoms with Gasteiger partial charge < -0.3 is 4.90 Å². The van der Waals surface area contributed by atoms with Gasteiger partial charge in [0, 0.05) is 13.0 Å². The van der Waals surface area contributed by atoms with Gasteiger partial charge in [-0.25, -0.2) is 9.97 Å². The van der Waals surface area contributed by atoms with Gasteiger partial charge >= 0.3 is 10.2 Å². The summed E-state index contributed by atoms with van der Waals surface area (Å²) in [5, 5.41) is -1.58. The van der Waals surface area contributed by atoms with Crippen LogP contribution in [0.15, 0.2) is 0 Å². The molecule has 1 atom stereocenters. The number of amides is 1. The zero-order valence-electron chi connectivity index (χ0n) is 9.60. The van der Waals surface area contributed by atoms with Crippen molar-refractivity contribution < 1.29 is 17.1 Å². The number of nitrogens with zero attached hydrogens (tertiary/aromatic N) is 3. The first kappa shape index (κ1) is 14.4. The summed E-state index contributed by atoms with van der Waals surface area (Å²) >= 11 is 11.7. The summed E-state index contributed by atoms with van der Waals surface area (Å²) in [7, 11) is -4.80. The maximum absolute atomic E-state index is 12.9. The summed E-state index contributed by atoms with van der Waals surface area (Å²) in [6.07, 6.45) is -0.459. The lowest BCUT2D eigenvalue weighted by Gasteiger charge is -2.18. The minimum absolute atomic E-state index is 0.00471. The van der Waals surface area contributed by atoms with E-state index in [1.807, 2.05) is 0 Å². The lowest BCUT2D eigenvalue weighted by Crippen LogP contribution is -2.28. The van der Waals surface area contributed by atoms with E-state index in [9.17, 15) is 17.1 Å². The van der Waals surface area contributed by atoms with Crippen molar-refractivity contribution in [2.75, 3.05) is 11.4 Å². The van der Waals surface area contributed by atoms with Crippen LogP contribution in [0, 0.1) is 6.92 Å². The van der Waals surface area contributed by atoms with Crippen molar-refractivity contribution in [1.29, 1.82) is 0 Å². The van der Waals surface area contributed by atoms with E-state index in [0.717, 1.165) is 4.90 Å². The molecular weight excluding hydrogens is 320 g/mol. The summed E-state index contributed by atoms with van der Waals surface area (Å²) in [4.78, 5) is 20.4. The third-order valence-corrected chi connectivity index (χ3v) is 4.31. The number of halogens is 3. The second kappa shape index (κ2) is 4.84. The van der Waals surface area contributed by atoms with E-state index in [0.29, 0.717) is 5.82 Å². The number of hydrogen-bond donors (Lipinski definition) is 0. The van der Waals surface area contributed by atoms with Crippen LogP contribution in [0.1, 0.15) is 12.2 Å². The first-order chi connectivity index (χ1) is 8.70.